The van der Waals surface area contributed by atoms with Gasteiger partial charge in [0.15, 0.2) is 0 Å². The minimum atomic E-state index is 0.193. The van der Waals surface area contributed by atoms with Gasteiger partial charge in [-0.05, 0) is 43.7 Å². The van der Waals surface area contributed by atoms with Crippen molar-refractivity contribution in [2.75, 3.05) is 18.0 Å². The maximum Gasteiger partial charge on any atom is 0.137 e. The quantitative estimate of drug-likeness (QED) is 0.818. The molecule has 1 aromatic carbocycles. The second-order valence-electron chi connectivity index (χ2n) is 6.86. The van der Waals surface area contributed by atoms with Crippen molar-refractivity contribution in [1.82, 2.24) is 0 Å². The Morgan fingerprint density at radius 3 is 2.65 bits per heavy atom. The van der Waals surface area contributed by atoms with Crippen molar-refractivity contribution >= 4 is 11.5 Å². The highest BCUT2D eigenvalue weighted by molar-refractivity contribution is 5.82. The lowest BCUT2D eigenvalue weighted by Crippen LogP contribution is -2.39. The lowest BCUT2D eigenvalue weighted by molar-refractivity contribution is -0.126. The predicted octanol–water partition coefficient (Wildman–Crippen LogP) is 4.22. The number of nitrogens with zero attached hydrogens (tertiary/aromatic N) is 1. The smallest absolute Gasteiger partial charge is 0.137 e. The Morgan fingerprint density at radius 2 is 2.00 bits per heavy atom. The minimum absolute atomic E-state index is 0.193. The Morgan fingerprint density at radius 1 is 1.30 bits per heavy atom. The van der Waals surface area contributed by atoms with Crippen LogP contribution in [-0.2, 0) is 4.79 Å². The Bertz CT molecular complexity index is 478. The van der Waals surface area contributed by atoms with Crippen molar-refractivity contribution in [3.05, 3.63) is 29.8 Å². The third kappa shape index (κ3) is 3.41. The zero-order valence-electron chi connectivity index (χ0n) is 13.3. The number of para-hydroxylation sites is 1. The van der Waals surface area contributed by atoms with Crippen LogP contribution in [0.4, 0.5) is 5.69 Å². The summed E-state index contributed by atoms with van der Waals surface area (Å²) >= 11 is 0. The molecule has 0 heterocycles. The molecule has 0 amide bonds. The lowest BCUT2D eigenvalue weighted by Gasteiger charge is -2.37. The van der Waals surface area contributed by atoms with E-state index in [4.69, 9.17) is 0 Å². The molecular weight excluding hydrogens is 246 g/mol. The molecule has 0 aliphatic heterocycles. The van der Waals surface area contributed by atoms with Crippen LogP contribution in [0.5, 0.6) is 0 Å². The average molecular weight is 273 g/mol. The van der Waals surface area contributed by atoms with Gasteiger partial charge < -0.3 is 4.90 Å². The minimum Gasteiger partial charge on any atom is -0.371 e. The molecule has 110 valence electrons. The number of aryl methyl sites for hydroxylation is 1. The molecule has 2 nitrogen and oxygen atoms in total. The molecule has 2 heteroatoms. The molecule has 1 fully saturated rings. The summed E-state index contributed by atoms with van der Waals surface area (Å²) in [6, 6.07) is 8.46. The first-order valence-electron chi connectivity index (χ1n) is 7.76. The van der Waals surface area contributed by atoms with E-state index in [1.165, 1.54) is 11.3 Å². The van der Waals surface area contributed by atoms with Crippen LogP contribution in [-0.4, -0.2) is 18.9 Å². The number of hydrogen-bond acceptors (Lipinski definition) is 2. The van der Waals surface area contributed by atoms with Gasteiger partial charge in [0, 0.05) is 31.1 Å². The molecule has 1 atom stereocenters. The van der Waals surface area contributed by atoms with E-state index in [0.717, 1.165) is 32.4 Å². The van der Waals surface area contributed by atoms with Gasteiger partial charge in [-0.3, -0.25) is 4.79 Å². The third-order valence-electron chi connectivity index (χ3n) is 4.58. The van der Waals surface area contributed by atoms with Crippen LogP contribution in [0, 0.1) is 18.3 Å². The Balaban J connectivity index is 2.14. The molecule has 20 heavy (non-hydrogen) atoms. The van der Waals surface area contributed by atoms with Gasteiger partial charge in [-0.25, -0.2) is 0 Å². The second kappa shape index (κ2) is 5.99. The van der Waals surface area contributed by atoms with Gasteiger partial charge in [0.2, 0.25) is 0 Å². The van der Waals surface area contributed by atoms with Crippen LogP contribution in [0.3, 0.4) is 0 Å². The largest absolute Gasteiger partial charge is 0.371 e. The fourth-order valence-corrected chi connectivity index (χ4v) is 3.30. The van der Waals surface area contributed by atoms with Gasteiger partial charge in [-0.1, -0.05) is 32.0 Å². The fourth-order valence-electron chi connectivity index (χ4n) is 3.30. The van der Waals surface area contributed by atoms with Gasteiger partial charge in [-0.2, -0.15) is 0 Å². The number of ketones is 1. The predicted molar refractivity (Wildman–Crippen MR) is 85.2 cm³/mol. The average Bonchev–Trinajstić information content (AvgIpc) is 2.41. The van der Waals surface area contributed by atoms with Crippen molar-refractivity contribution < 1.29 is 4.79 Å². The van der Waals surface area contributed by atoms with E-state index in [1.807, 2.05) is 0 Å². The molecule has 0 radical (unpaired) electrons. The Kier molecular flexibility index (Phi) is 4.52. The van der Waals surface area contributed by atoms with Crippen molar-refractivity contribution in [1.29, 1.82) is 0 Å². The first-order chi connectivity index (χ1) is 9.43. The number of Topliss-reactive ketones (excluding diaryl/α,β-unsaturated/α-hetero) is 1. The number of anilines is 1. The summed E-state index contributed by atoms with van der Waals surface area (Å²) in [7, 11) is 0. The van der Waals surface area contributed by atoms with Crippen molar-refractivity contribution in [2.24, 2.45) is 11.3 Å². The molecule has 1 saturated carbocycles. The molecule has 0 spiro atoms. The van der Waals surface area contributed by atoms with Crippen LogP contribution in [0.2, 0.25) is 0 Å². The van der Waals surface area contributed by atoms with E-state index in [9.17, 15) is 4.79 Å². The molecule has 0 saturated heterocycles. The summed E-state index contributed by atoms with van der Waals surface area (Å²) in [6.07, 6.45) is 2.82. The lowest BCUT2D eigenvalue weighted by atomic mass is 9.71. The van der Waals surface area contributed by atoms with Crippen LogP contribution < -0.4 is 4.90 Å². The highest BCUT2D eigenvalue weighted by atomic mass is 16.1. The SMILES string of the molecule is CCN(CC1CC(C)(C)CCC1=O)c1ccccc1C. The normalized spacial score (nSPS) is 21.8. The summed E-state index contributed by atoms with van der Waals surface area (Å²) in [4.78, 5) is 14.6. The summed E-state index contributed by atoms with van der Waals surface area (Å²) in [5.41, 5.74) is 2.87. The summed E-state index contributed by atoms with van der Waals surface area (Å²) < 4.78 is 0. The van der Waals surface area contributed by atoms with Gasteiger partial charge in [0.25, 0.3) is 0 Å². The third-order valence-corrected chi connectivity index (χ3v) is 4.58. The summed E-state index contributed by atoms with van der Waals surface area (Å²) in [5, 5.41) is 0. The van der Waals surface area contributed by atoms with E-state index >= 15 is 0 Å². The highest BCUT2D eigenvalue weighted by Gasteiger charge is 2.34. The molecule has 1 aliphatic rings. The van der Waals surface area contributed by atoms with Crippen molar-refractivity contribution in [3.63, 3.8) is 0 Å². The topological polar surface area (TPSA) is 20.3 Å². The molecule has 2 rings (SSSR count). The Hall–Kier alpha value is -1.31. The van der Waals surface area contributed by atoms with Crippen LogP contribution in [0.25, 0.3) is 0 Å². The number of hydrogen-bond donors (Lipinski definition) is 0. The fraction of sp³-hybridized carbons (Fsp3) is 0.611. The number of carbonyl (C=O) groups is 1. The zero-order chi connectivity index (χ0) is 14.8. The maximum atomic E-state index is 12.2. The summed E-state index contributed by atoms with van der Waals surface area (Å²) in [6.45, 7) is 10.7. The second-order valence-corrected chi connectivity index (χ2v) is 6.86. The van der Waals surface area contributed by atoms with E-state index in [-0.39, 0.29) is 5.92 Å². The van der Waals surface area contributed by atoms with Crippen molar-refractivity contribution in [3.8, 4) is 0 Å². The number of benzene rings is 1. The molecule has 0 bridgehead atoms. The van der Waals surface area contributed by atoms with Crippen LogP contribution >= 0.6 is 0 Å². The van der Waals surface area contributed by atoms with E-state index in [0.29, 0.717) is 11.2 Å². The van der Waals surface area contributed by atoms with Crippen molar-refractivity contribution in [2.45, 2.75) is 47.0 Å². The number of carbonyl (C=O) groups excluding carboxylic acids is 1. The van der Waals surface area contributed by atoms with Crippen LogP contribution in [0.15, 0.2) is 24.3 Å². The zero-order valence-corrected chi connectivity index (χ0v) is 13.3. The first kappa shape index (κ1) is 15.1. The first-order valence-corrected chi connectivity index (χ1v) is 7.76. The number of rotatable bonds is 4. The van der Waals surface area contributed by atoms with Gasteiger partial charge in [0.1, 0.15) is 5.78 Å². The van der Waals surface area contributed by atoms with E-state index in [1.54, 1.807) is 0 Å². The molecular formula is C18H27NO. The molecule has 0 N–H and O–H groups in total. The van der Waals surface area contributed by atoms with E-state index < -0.39 is 0 Å². The monoisotopic (exact) mass is 273 g/mol. The van der Waals surface area contributed by atoms with Gasteiger partial charge in [-0.15, -0.1) is 0 Å². The molecule has 1 aliphatic carbocycles. The maximum absolute atomic E-state index is 12.2. The van der Waals surface area contributed by atoms with Crippen LogP contribution in [0.1, 0.15) is 45.6 Å². The van der Waals surface area contributed by atoms with E-state index in [2.05, 4.69) is 56.9 Å². The molecule has 1 unspecified atom stereocenters. The van der Waals surface area contributed by atoms with Gasteiger partial charge >= 0.3 is 0 Å². The van der Waals surface area contributed by atoms with Gasteiger partial charge in [0.05, 0.1) is 0 Å². The summed E-state index contributed by atoms with van der Waals surface area (Å²) in [5.74, 6) is 0.648. The highest BCUT2D eigenvalue weighted by Crippen LogP contribution is 2.37. The molecule has 1 aromatic rings. The Labute approximate surface area is 123 Å². The molecule has 0 aromatic heterocycles. The standard InChI is InChI=1S/C18H27NO/c1-5-19(16-9-7-6-8-14(16)2)13-15-12-18(3,4)11-10-17(15)20/h6-9,15H,5,10-13H2,1-4H3.